The number of carbonyl (C=O) groups excluding carboxylic acids is 2. The van der Waals surface area contributed by atoms with Crippen LogP contribution in [0.5, 0.6) is 0 Å². The van der Waals surface area contributed by atoms with Gasteiger partial charge < -0.3 is 14.6 Å². The van der Waals surface area contributed by atoms with Crippen LogP contribution in [0.2, 0.25) is 0 Å². The van der Waals surface area contributed by atoms with E-state index in [1.165, 1.54) is 128 Å². The molecule has 1 unspecified atom stereocenters. The topological polar surface area (TPSA) is 72.8 Å². The van der Waals surface area contributed by atoms with Crippen molar-refractivity contribution in [3.8, 4) is 0 Å². The fourth-order valence-corrected chi connectivity index (χ4v) is 9.40. The minimum absolute atomic E-state index is 0.0834. The predicted octanol–water partition coefficient (Wildman–Crippen LogP) is 24.4. The van der Waals surface area contributed by atoms with Crippen molar-refractivity contribution in [2.24, 2.45) is 0 Å². The van der Waals surface area contributed by atoms with E-state index in [9.17, 15) is 14.7 Å². The number of rotatable bonds is 62. The molecule has 1 N–H and O–H groups in total. The van der Waals surface area contributed by atoms with Gasteiger partial charge in [-0.05, 0) is 128 Å². The lowest BCUT2D eigenvalue weighted by Gasteiger charge is -2.15. The summed E-state index contributed by atoms with van der Waals surface area (Å²) in [6.45, 7) is 3.90. The first-order valence-electron chi connectivity index (χ1n) is 34.7. The van der Waals surface area contributed by atoms with Gasteiger partial charge in [-0.25, -0.2) is 0 Å². The van der Waals surface area contributed by atoms with Crippen molar-refractivity contribution < 1.29 is 24.2 Å². The van der Waals surface area contributed by atoms with Gasteiger partial charge >= 0.3 is 11.9 Å². The van der Waals surface area contributed by atoms with Gasteiger partial charge in [-0.3, -0.25) is 9.59 Å². The number of carbonyl (C=O) groups is 2. The van der Waals surface area contributed by atoms with Crippen molar-refractivity contribution in [2.45, 2.75) is 302 Å². The van der Waals surface area contributed by atoms with Crippen LogP contribution < -0.4 is 0 Å². The van der Waals surface area contributed by atoms with Crippen molar-refractivity contribution >= 4 is 11.9 Å². The van der Waals surface area contributed by atoms with E-state index < -0.39 is 6.10 Å². The number of aliphatic hydroxyl groups excluding tert-OH is 1. The van der Waals surface area contributed by atoms with E-state index in [-0.39, 0.29) is 25.2 Å². The summed E-state index contributed by atoms with van der Waals surface area (Å²) in [6, 6.07) is 0. The number of unbranched alkanes of at least 4 members (excludes halogenated alkanes) is 26. The van der Waals surface area contributed by atoms with E-state index >= 15 is 0 Å². The van der Waals surface area contributed by atoms with Crippen molar-refractivity contribution in [2.75, 3.05) is 13.2 Å². The third-order valence-corrected chi connectivity index (χ3v) is 14.5. The van der Waals surface area contributed by atoms with E-state index in [0.717, 1.165) is 141 Å². The molecule has 5 heteroatoms. The molecule has 0 radical (unpaired) electrons. The lowest BCUT2D eigenvalue weighted by atomic mass is 10.0. The van der Waals surface area contributed by atoms with Crippen LogP contribution >= 0.6 is 0 Å². The number of allylic oxidation sites excluding steroid dienone is 28. The van der Waals surface area contributed by atoms with Gasteiger partial charge in [-0.1, -0.05) is 325 Å². The molecule has 0 fully saturated rings. The summed E-state index contributed by atoms with van der Waals surface area (Å²) in [7, 11) is 0. The van der Waals surface area contributed by atoms with Crippen LogP contribution in [0.25, 0.3) is 0 Å². The minimum atomic E-state index is -0.798. The van der Waals surface area contributed by atoms with E-state index in [0.29, 0.717) is 12.8 Å². The van der Waals surface area contributed by atoms with Gasteiger partial charge in [0.1, 0.15) is 6.61 Å². The summed E-state index contributed by atoms with van der Waals surface area (Å²) in [5.74, 6) is -0.621. The number of hydrogen-bond donors (Lipinski definition) is 1. The molecule has 0 aromatic heterocycles. The second-order valence-electron chi connectivity index (χ2n) is 22.5. The standard InChI is InChI=1S/C79H128O5/c1-3-5-7-9-11-13-15-17-19-21-23-25-27-29-31-33-34-35-36-37-38-39-40-41-42-43-44-46-47-49-51-53-55-57-59-61-63-65-67-69-71-73-78(81)83-76-77(75-80)84-79(82)74-72-70-68-66-64-62-60-58-56-54-52-50-48-45-32-30-28-26-24-22-20-18-16-14-12-10-8-6-4-2/h5-8,11-14,17-20,23-26,29-32,34-35,48,50,54,56,60,62,77,80H,3-4,9-10,15-16,21-22,27-28,33,36-47,49,51-53,55,57-59,61,63-76H2,1-2H3/b7-5-,8-6-,13-11-,14-12-,19-17-,20-18-,25-23-,26-24-,31-29-,32-30-,35-34-,50-48-,56-54-,62-60-. The van der Waals surface area contributed by atoms with Crippen molar-refractivity contribution in [3.63, 3.8) is 0 Å². The highest BCUT2D eigenvalue weighted by molar-refractivity contribution is 5.70. The molecule has 0 amide bonds. The Bertz CT molecular complexity index is 1840. The molecule has 0 aliphatic carbocycles. The molecule has 0 rings (SSSR count). The zero-order chi connectivity index (χ0) is 60.5. The van der Waals surface area contributed by atoms with E-state index in [1.807, 2.05) is 0 Å². The van der Waals surface area contributed by atoms with Gasteiger partial charge in [0, 0.05) is 12.8 Å². The summed E-state index contributed by atoms with van der Waals surface area (Å²) in [6.07, 6.45) is 112. The average molecular weight is 1160 g/mol. The Morgan fingerprint density at radius 3 is 0.714 bits per heavy atom. The molecule has 0 aromatic rings. The molecular formula is C79H128O5. The Hall–Kier alpha value is -4.74. The van der Waals surface area contributed by atoms with Gasteiger partial charge in [0.25, 0.3) is 0 Å². The summed E-state index contributed by atoms with van der Waals surface area (Å²) in [5.41, 5.74) is 0. The van der Waals surface area contributed by atoms with Gasteiger partial charge in [0.2, 0.25) is 0 Å². The zero-order valence-corrected chi connectivity index (χ0v) is 54.4. The van der Waals surface area contributed by atoms with Crippen molar-refractivity contribution in [1.82, 2.24) is 0 Å². The minimum Gasteiger partial charge on any atom is -0.462 e. The molecule has 84 heavy (non-hydrogen) atoms. The molecule has 0 aliphatic heterocycles. The maximum atomic E-state index is 12.3. The van der Waals surface area contributed by atoms with Crippen molar-refractivity contribution in [3.05, 3.63) is 170 Å². The van der Waals surface area contributed by atoms with Crippen LogP contribution in [0.4, 0.5) is 0 Å². The Balaban J connectivity index is 3.52. The number of aliphatic hydroxyl groups is 1. The smallest absolute Gasteiger partial charge is 0.306 e. The molecule has 0 saturated carbocycles. The normalized spacial score (nSPS) is 13.3. The molecule has 5 nitrogen and oxygen atoms in total. The Morgan fingerprint density at radius 1 is 0.274 bits per heavy atom. The Morgan fingerprint density at radius 2 is 0.476 bits per heavy atom. The van der Waals surface area contributed by atoms with Gasteiger partial charge in [0.15, 0.2) is 6.10 Å². The lowest BCUT2D eigenvalue weighted by molar-refractivity contribution is -0.161. The molecule has 0 saturated heterocycles. The molecule has 0 aliphatic rings. The van der Waals surface area contributed by atoms with E-state index in [1.54, 1.807) is 0 Å². The third-order valence-electron chi connectivity index (χ3n) is 14.5. The monoisotopic (exact) mass is 1160 g/mol. The lowest BCUT2D eigenvalue weighted by Crippen LogP contribution is -2.28. The zero-order valence-electron chi connectivity index (χ0n) is 54.4. The predicted molar refractivity (Wildman–Crippen MR) is 370 cm³/mol. The van der Waals surface area contributed by atoms with Crippen LogP contribution in [0.1, 0.15) is 296 Å². The Kier molecular flexibility index (Phi) is 68.4. The van der Waals surface area contributed by atoms with Gasteiger partial charge in [-0.15, -0.1) is 0 Å². The molecule has 0 aromatic carbocycles. The highest BCUT2D eigenvalue weighted by Gasteiger charge is 2.16. The Labute approximate surface area is 519 Å². The summed E-state index contributed by atoms with van der Waals surface area (Å²) < 4.78 is 10.7. The quantitative estimate of drug-likeness (QED) is 0.0373. The second-order valence-corrected chi connectivity index (χ2v) is 22.5. The first-order chi connectivity index (χ1) is 41.6. The van der Waals surface area contributed by atoms with Crippen molar-refractivity contribution in [1.29, 1.82) is 0 Å². The van der Waals surface area contributed by atoms with Crippen LogP contribution in [0.15, 0.2) is 170 Å². The van der Waals surface area contributed by atoms with Gasteiger partial charge in [-0.2, -0.15) is 0 Å². The average Bonchev–Trinajstić information content (AvgIpc) is 3.51. The van der Waals surface area contributed by atoms with Crippen LogP contribution in [0, 0.1) is 0 Å². The SMILES string of the molecule is CC/C=C\C/C=C\C/C=C\C/C=C\C/C=C\C/C=C\C/C=C\C/C=C\CCCCCCC(=O)OC(CO)COC(=O)CCCCCCCCCCCCCCCCCCCCCCCC/C=C\C/C=C\C/C=C\C/C=C\C/C=C\C/C=C\CC. The largest absolute Gasteiger partial charge is 0.462 e. The summed E-state index contributed by atoms with van der Waals surface area (Å²) >= 11 is 0. The molecule has 0 heterocycles. The van der Waals surface area contributed by atoms with Crippen LogP contribution in [-0.2, 0) is 19.1 Å². The highest BCUT2D eigenvalue weighted by atomic mass is 16.6. The second kappa shape index (κ2) is 72.5. The molecular weight excluding hydrogens is 1030 g/mol. The first-order valence-corrected chi connectivity index (χ1v) is 34.7. The molecule has 0 bridgehead atoms. The van der Waals surface area contributed by atoms with Gasteiger partial charge in [0.05, 0.1) is 6.61 Å². The molecule has 474 valence electrons. The van der Waals surface area contributed by atoms with E-state index in [2.05, 4.69) is 184 Å². The summed E-state index contributed by atoms with van der Waals surface area (Å²) in [5, 5.41) is 9.69. The third kappa shape index (κ3) is 69.8. The highest BCUT2D eigenvalue weighted by Crippen LogP contribution is 2.17. The van der Waals surface area contributed by atoms with E-state index in [4.69, 9.17) is 9.47 Å². The summed E-state index contributed by atoms with van der Waals surface area (Å²) in [4.78, 5) is 24.6. The fraction of sp³-hybridized carbons (Fsp3) is 0.620. The van der Waals surface area contributed by atoms with Crippen LogP contribution in [-0.4, -0.2) is 36.4 Å². The molecule has 0 spiro atoms. The van der Waals surface area contributed by atoms with Crippen LogP contribution in [0.3, 0.4) is 0 Å². The maximum absolute atomic E-state index is 12.3. The number of hydrogen-bond acceptors (Lipinski definition) is 5. The number of esters is 2. The number of ether oxygens (including phenoxy) is 2. The maximum Gasteiger partial charge on any atom is 0.306 e. The first kappa shape index (κ1) is 79.3. The molecule has 1 atom stereocenters. The fourth-order valence-electron chi connectivity index (χ4n) is 9.40.